The second-order valence-electron chi connectivity index (χ2n) is 6.17. The number of nitrogens with zero attached hydrogens (tertiary/aromatic N) is 2. The van der Waals surface area contributed by atoms with Crippen LogP contribution in [0.4, 0.5) is 5.69 Å². The van der Waals surface area contributed by atoms with Gasteiger partial charge in [0.25, 0.3) is 5.91 Å². The second-order valence-corrected chi connectivity index (χ2v) is 6.17. The molecule has 1 aliphatic rings. The predicted octanol–water partition coefficient (Wildman–Crippen LogP) is 0.948. The molecule has 0 bridgehead atoms. The SMILES string of the molecule is O=C(CNC(=O)c1ccco1)NCCN1CCN(c2ccccc2)CC1. The molecule has 3 rings (SSSR count). The van der Waals surface area contributed by atoms with Crippen molar-refractivity contribution >= 4 is 17.5 Å². The molecule has 1 fully saturated rings. The lowest BCUT2D eigenvalue weighted by Crippen LogP contribution is -2.49. The molecule has 7 heteroatoms. The van der Waals surface area contributed by atoms with Crippen LogP contribution in [0.25, 0.3) is 0 Å². The molecule has 0 aliphatic carbocycles. The molecule has 1 saturated heterocycles. The van der Waals surface area contributed by atoms with Crippen molar-refractivity contribution in [1.82, 2.24) is 15.5 Å². The van der Waals surface area contributed by atoms with Gasteiger partial charge in [-0.1, -0.05) is 18.2 Å². The van der Waals surface area contributed by atoms with E-state index in [9.17, 15) is 9.59 Å². The third-order valence-electron chi connectivity index (χ3n) is 4.40. The van der Waals surface area contributed by atoms with Crippen LogP contribution in [-0.4, -0.2) is 62.5 Å². The summed E-state index contributed by atoms with van der Waals surface area (Å²) in [6, 6.07) is 13.6. The van der Waals surface area contributed by atoms with E-state index in [1.54, 1.807) is 12.1 Å². The molecule has 138 valence electrons. The Labute approximate surface area is 153 Å². The molecule has 2 heterocycles. The van der Waals surface area contributed by atoms with Gasteiger partial charge in [-0.25, -0.2) is 0 Å². The fourth-order valence-electron chi connectivity index (χ4n) is 2.94. The topological polar surface area (TPSA) is 77.8 Å². The highest BCUT2D eigenvalue weighted by atomic mass is 16.3. The number of furan rings is 1. The van der Waals surface area contributed by atoms with Crippen molar-refractivity contribution in [3.63, 3.8) is 0 Å². The van der Waals surface area contributed by atoms with Crippen molar-refractivity contribution in [2.45, 2.75) is 0 Å². The Kier molecular flexibility index (Phi) is 6.27. The summed E-state index contributed by atoms with van der Waals surface area (Å²) in [5.74, 6) is -0.385. The quantitative estimate of drug-likeness (QED) is 0.772. The molecule has 0 atom stereocenters. The zero-order chi connectivity index (χ0) is 18.2. The number of nitrogens with one attached hydrogen (secondary N) is 2. The van der Waals surface area contributed by atoms with Gasteiger partial charge in [0.1, 0.15) is 0 Å². The van der Waals surface area contributed by atoms with Crippen LogP contribution in [0.2, 0.25) is 0 Å². The van der Waals surface area contributed by atoms with Gasteiger partial charge in [-0.05, 0) is 24.3 Å². The van der Waals surface area contributed by atoms with E-state index in [0.29, 0.717) is 6.54 Å². The molecule has 2 N–H and O–H groups in total. The lowest BCUT2D eigenvalue weighted by atomic mass is 10.2. The smallest absolute Gasteiger partial charge is 0.287 e. The van der Waals surface area contributed by atoms with Crippen LogP contribution in [-0.2, 0) is 4.79 Å². The summed E-state index contributed by atoms with van der Waals surface area (Å²) in [5.41, 5.74) is 1.26. The van der Waals surface area contributed by atoms with Crippen LogP contribution in [0.15, 0.2) is 53.1 Å². The Bertz CT molecular complexity index is 695. The van der Waals surface area contributed by atoms with Gasteiger partial charge in [0.05, 0.1) is 12.8 Å². The van der Waals surface area contributed by atoms with E-state index in [1.807, 2.05) is 6.07 Å². The van der Waals surface area contributed by atoms with Crippen LogP contribution < -0.4 is 15.5 Å². The molecule has 2 amide bonds. The van der Waals surface area contributed by atoms with Crippen LogP contribution in [0, 0.1) is 0 Å². The Morgan fingerprint density at radius 3 is 2.42 bits per heavy atom. The number of para-hydroxylation sites is 1. The third kappa shape index (κ3) is 5.10. The number of carbonyl (C=O) groups excluding carboxylic acids is 2. The molecule has 1 aliphatic heterocycles. The highest BCUT2D eigenvalue weighted by molar-refractivity contribution is 5.94. The first kappa shape index (κ1) is 18.0. The van der Waals surface area contributed by atoms with Crippen molar-refractivity contribution in [3.8, 4) is 0 Å². The number of benzene rings is 1. The van der Waals surface area contributed by atoms with Crippen LogP contribution in [0.5, 0.6) is 0 Å². The standard InChI is InChI=1S/C19H24N4O3/c24-18(15-21-19(25)17-7-4-14-26-17)20-8-9-22-10-12-23(13-11-22)16-5-2-1-3-6-16/h1-7,14H,8-13,15H2,(H,20,24)(H,21,25). The van der Waals surface area contributed by atoms with E-state index in [0.717, 1.165) is 32.7 Å². The van der Waals surface area contributed by atoms with Crippen molar-refractivity contribution in [3.05, 3.63) is 54.5 Å². The lowest BCUT2D eigenvalue weighted by molar-refractivity contribution is -0.120. The maximum absolute atomic E-state index is 11.8. The lowest BCUT2D eigenvalue weighted by Gasteiger charge is -2.36. The fraction of sp³-hybridized carbons (Fsp3) is 0.368. The number of carbonyl (C=O) groups is 2. The molecule has 0 unspecified atom stereocenters. The summed E-state index contributed by atoms with van der Waals surface area (Å²) in [4.78, 5) is 28.2. The first-order chi connectivity index (χ1) is 12.7. The summed E-state index contributed by atoms with van der Waals surface area (Å²) in [6.07, 6.45) is 1.42. The summed E-state index contributed by atoms with van der Waals surface area (Å²) < 4.78 is 4.97. The highest BCUT2D eigenvalue weighted by Crippen LogP contribution is 2.15. The van der Waals surface area contributed by atoms with E-state index in [1.165, 1.54) is 12.0 Å². The van der Waals surface area contributed by atoms with Crippen molar-refractivity contribution in [2.75, 3.05) is 50.7 Å². The molecular formula is C19H24N4O3. The Morgan fingerprint density at radius 2 is 1.73 bits per heavy atom. The van der Waals surface area contributed by atoms with Gasteiger partial charge in [0, 0.05) is 45.0 Å². The van der Waals surface area contributed by atoms with Crippen LogP contribution in [0.1, 0.15) is 10.6 Å². The molecule has 2 aromatic rings. The number of amides is 2. The summed E-state index contributed by atoms with van der Waals surface area (Å²) >= 11 is 0. The number of hydrogen-bond acceptors (Lipinski definition) is 5. The van der Waals surface area contributed by atoms with Gasteiger partial charge < -0.3 is 20.0 Å². The molecule has 0 radical (unpaired) electrons. The Balaban J connectivity index is 1.29. The fourth-order valence-corrected chi connectivity index (χ4v) is 2.94. The number of piperazine rings is 1. The second kappa shape index (κ2) is 9.05. The third-order valence-corrected chi connectivity index (χ3v) is 4.40. The largest absolute Gasteiger partial charge is 0.459 e. The van der Waals surface area contributed by atoms with E-state index in [2.05, 4.69) is 44.7 Å². The van der Waals surface area contributed by atoms with E-state index in [4.69, 9.17) is 4.42 Å². The van der Waals surface area contributed by atoms with Crippen molar-refractivity contribution < 1.29 is 14.0 Å². The molecule has 1 aromatic carbocycles. The molecule has 1 aromatic heterocycles. The van der Waals surface area contributed by atoms with Crippen molar-refractivity contribution in [2.24, 2.45) is 0 Å². The first-order valence-electron chi connectivity index (χ1n) is 8.83. The minimum atomic E-state index is -0.387. The maximum Gasteiger partial charge on any atom is 0.287 e. The van der Waals surface area contributed by atoms with Crippen LogP contribution in [0.3, 0.4) is 0 Å². The average Bonchev–Trinajstić information content (AvgIpc) is 3.22. The van der Waals surface area contributed by atoms with Crippen LogP contribution >= 0.6 is 0 Å². The number of hydrogen-bond donors (Lipinski definition) is 2. The van der Waals surface area contributed by atoms with Gasteiger partial charge in [-0.2, -0.15) is 0 Å². The molecule has 7 nitrogen and oxygen atoms in total. The Morgan fingerprint density at radius 1 is 0.962 bits per heavy atom. The first-order valence-corrected chi connectivity index (χ1v) is 8.83. The van der Waals surface area contributed by atoms with Crippen molar-refractivity contribution in [1.29, 1.82) is 0 Å². The molecule has 0 spiro atoms. The summed E-state index contributed by atoms with van der Waals surface area (Å²) in [5, 5.41) is 5.37. The predicted molar refractivity (Wildman–Crippen MR) is 99.1 cm³/mol. The summed E-state index contributed by atoms with van der Waals surface area (Å²) in [7, 11) is 0. The van der Waals surface area contributed by atoms with E-state index >= 15 is 0 Å². The normalized spacial score (nSPS) is 14.8. The Hall–Kier alpha value is -2.80. The maximum atomic E-state index is 11.8. The van der Waals surface area contributed by atoms with E-state index < -0.39 is 0 Å². The molecular weight excluding hydrogens is 332 g/mol. The van der Waals surface area contributed by atoms with Gasteiger partial charge >= 0.3 is 0 Å². The number of rotatable bonds is 7. The van der Waals surface area contributed by atoms with Gasteiger partial charge in [0.2, 0.25) is 5.91 Å². The van der Waals surface area contributed by atoms with Gasteiger partial charge in [-0.15, -0.1) is 0 Å². The monoisotopic (exact) mass is 356 g/mol. The molecule has 0 saturated carbocycles. The van der Waals surface area contributed by atoms with Gasteiger partial charge in [-0.3, -0.25) is 14.5 Å². The minimum absolute atomic E-state index is 0.0542. The number of anilines is 1. The summed E-state index contributed by atoms with van der Waals surface area (Å²) in [6.45, 7) is 5.23. The molecule has 26 heavy (non-hydrogen) atoms. The van der Waals surface area contributed by atoms with Gasteiger partial charge in [0.15, 0.2) is 5.76 Å². The zero-order valence-electron chi connectivity index (χ0n) is 14.7. The zero-order valence-corrected chi connectivity index (χ0v) is 14.7. The average molecular weight is 356 g/mol. The minimum Gasteiger partial charge on any atom is -0.459 e. The highest BCUT2D eigenvalue weighted by Gasteiger charge is 2.17. The van der Waals surface area contributed by atoms with E-state index in [-0.39, 0.29) is 24.1 Å².